The molecule has 2 atom stereocenters. The first kappa shape index (κ1) is 10.5. The Morgan fingerprint density at radius 3 is 2.46 bits per heavy atom. The van der Waals surface area contributed by atoms with Crippen LogP contribution in [0.25, 0.3) is 0 Å². The summed E-state index contributed by atoms with van der Waals surface area (Å²) in [6.45, 7) is 2.03. The van der Waals surface area contributed by atoms with Crippen molar-refractivity contribution < 1.29 is 9.46 Å². The maximum atomic E-state index is 11.1. The van der Waals surface area contributed by atoms with Gasteiger partial charge in [-0.15, -0.1) is 0 Å². The molecule has 0 saturated carbocycles. The fourth-order valence-corrected chi connectivity index (χ4v) is 2.42. The molecule has 0 saturated heterocycles. The summed E-state index contributed by atoms with van der Waals surface area (Å²) in [6, 6.07) is 9.56. The summed E-state index contributed by atoms with van der Waals surface area (Å²) < 4.78 is 11.1. The van der Waals surface area contributed by atoms with Crippen LogP contribution in [-0.2, 0) is 4.57 Å². The molecule has 0 bridgehead atoms. The lowest BCUT2D eigenvalue weighted by Crippen LogP contribution is -1.92. The van der Waals surface area contributed by atoms with E-state index in [1.54, 1.807) is 0 Å². The van der Waals surface area contributed by atoms with E-state index in [1.165, 1.54) is 0 Å². The Balaban J connectivity index is 2.82. The number of hydrogen-bond acceptors (Lipinski definition) is 1. The van der Waals surface area contributed by atoms with Gasteiger partial charge in [0.15, 0.2) is 8.03 Å². The molecule has 0 radical (unpaired) electrons. The molecule has 72 valence electrons. The first-order chi connectivity index (χ1) is 6.25. The third-order valence-electron chi connectivity index (χ3n) is 2.08. The smallest absolute Gasteiger partial charge is 0.196 e. The lowest BCUT2D eigenvalue weighted by atomic mass is 10.1. The van der Waals surface area contributed by atoms with Crippen molar-refractivity contribution in [2.75, 3.05) is 0 Å². The topological polar surface area (TPSA) is 37.3 Å². The van der Waals surface area contributed by atoms with Crippen molar-refractivity contribution in [1.29, 1.82) is 0 Å². The molecule has 3 heteroatoms. The molecule has 0 amide bonds. The van der Waals surface area contributed by atoms with E-state index in [2.05, 4.69) is 0 Å². The second kappa shape index (κ2) is 5.21. The average Bonchev–Trinajstić information content (AvgIpc) is 2.15. The van der Waals surface area contributed by atoms with Gasteiger partial charge in [0, 0.05) is 0 Å². The highest BCUT2D eigenvalue weighted by Gasteiger charge is 2.14. The lowest BCUT2D eigenvalue weighted by molar-refractivity contribution is 0.485. The van der Waals surface area contributed by atoms with Crippen LogP contribution in [0.3, 0.4) is 0 Å². The van der Waals surface area contributed by atoms with E-state index in [1.807, 2.05) is 37.3 Å². The van der Waals surface area contributed by atoms with E-state index in [0.717, 1.165) is 18.4 Å². The van der Waals surface area contributed by atoms with Gasteiger partial charge in [-0.25, -0.2) is 0 Å². The second-order valence-corrected chi connectivity index (χ2v) is 4.46. The highest BCUT2D eigenvalue weighted by atomic mass is 31.1. The van der Waals surface area contributed by atoms with Gasteiger partial charge in [-0.3, -0.25) is 4.57 Å². The largest absolute Gasteiger partial charge is 0.346 e. The summed E-state index contributed by atoms with van der Waals surface area (Å²) in [5.41, 5.74) is 0.826. The Labute approximate surface area is 79.5 Å². The Hall–Kier alpha value is -0.590. The zero-order chi connectivity index (χ0) is 9.68. The number of rotatable bonds is 4. The van der Waals surface area contributed by atoms with Gasteiger partial charge < -0.3 is 4.89 Å². The molecule has 1 aromatic carbocycles. The molecule has 0 aliphatic rings. The molecule has 0 aromatic heterocycles. The van der Waals surface area contributed by atoms with Crippen LogP contribution in [0.15, 0.2) is 30.3 Å². The van der Waals surface area contributed by atoms with Gasteiger partial charge in [-0.2, -0.15) is 0 Å². The molecule has 0 aliphatic heterocycles. The minimum atomic E-state index is -2.44. The summed E-state index contributed by atoms with van der Waals surface area (Å²) in [7, 11) is -2.44. The SMILES string of the molecule is CCCC(c1ccccc1)[PH](=O)O. The molecule has 0 fully saturated rings. The van der Waals surface area contributed by atoms with Crippen molar-refractivity contribution in [3.05, 3.63) is 35.9 Å². The van der Waals surface area contributed by atoms with Gasteiger partial charge in [-0.05, 0) is 12.0 Å². The van der Waals surface area contributed by atoms with Gasteiger partial charge in [0.05, 0.1) is 5.66 Å². The minimum absolute atomic E-state index is 0.156. The maximum absolute atomic E-state index is 11.1. The van der Waals surface area contributed by atoms with Crippen molar-refractivity contribution in [1.82, 2.24) is 0 Å². The summed E-state index contributed by atoms with van der Waals surface area (Å²) in [5.74, 6) is 0. The van der Waals surface area contributed by atoms with E-state index < -0.39 is 8.03 Å². The quantitative estimate of drug-likeness (QED) is 0.755. The van der Waals surface area contributed by atoms with Crippen LogP contribution in [-0.4, -0.2) is 4.89 Å². The molecular formula is C10H15O2P. The third-order valence-corrected chi connectivity index (χ3v) is 3.30. The Morgan fingerprint density at radius 1 is 1.38 bits per heavy atom. The Morgan fingerprint density at radius 2 is 2.00 bits per heavy atom. The predicted molar refractivity (Wildman–Crippen MR) is 55.3 cm³/mol. The minimum Gasteiger partial charge on any atom is -0.346 e. The van der Waals surface area contributed by atoms with Gasteiger partial charge in [0.1, 0.15) is 0 Å². The predicted octanol–water partition coefficient (Wildman–Crippen LogP) is 2.99. The second-order valence-electron chi connectivity index (χ2n) is 3.09. The zero-order valence-corrected chi connectivity index (χ0v) is 8.73. The van der Waals surface area contributed by atoms with Gasteiger partial charge >= 0.3 is 0 Å². The summed E-state index contributed by atoms with van der Waals surface area (Å²) >= 11 is 0. The van der Waals surface area contributed by atoms with Crippen LogP contribution in [0.4, 0.5) is 0 Å². The molecular weight excluding hydrogens is 183 g/mol. The monoisotopic (exact) mass is 198 g/mol. The molecule has 1 rings (SSSR count). The molecule has 0 spiro atoms. The summed E-state index contributed by atoms with van der Waals surface area (Å²) in [4.78, 5) is 9.14. The molecule has 13 heavy (non-hydrogen) atoms. The van der Waals surface area contributed by atoms with Gasteiger partial charge in [0.25, 0.3) is 0 Å². The fraction of sp³-hybridized carbons (Fsp3) is 0.400. The van der Waals surface area contributed by atoms with Crippen molar-refractivity contribution in [3.63, 3.8) is 0 Å². The van der Waals surface area contributed by atoms with Crippen LogP contribution in [0.1, 0.15) is 31.0 Å². The van der Waals surface area contributed by atoms with Crippen molar-refractivity contribution >= 4 is 8.03 Å². The molecule has 2 unspecified atom stereocenters. The molecule has 2 nitrogen and oxygen atoms in total. The first-order valence-electron chi connectivity index (χ1n) is 4.53. The highest BCUT2D eigenvalue weighted by Crippen LogP contribution is 2.40. The fourth-order valence-electron chi connectivity index (χ4n) is 1.41. The van der Waals surface area contributed by atoms with Crippen LogP contribution >= 0.6 is 8.03 Å². The Bertz CT molecular complexity index is 272. The number of hydrogen-bond donors (Lipinski definition) is 1. The van der Waals surface area contributed by atoms with E-state index in [0.29, 0.717) is 0 Å². The first-order valence-corrected chi connectivity index (χ1v) is 5.96. The van der Waals surface area contributed by atoms with E-state index >= 15 is 0 Å². The van der Waals surface area contributed by atoms with Crippen LogP contribution in [0, 0.1) is 0 Å². The van der Waals surface area contributed by atoms with E-state index in [-0.39, 0.29) is 5.66 Å². The van der Waals surface area contributed by atoms with Crippen LogP contribution in [0.2, 0.25) is 0 Å². The van der Waals surface area contributed by atoms with Crippen molar-refractivity contribution in [3.8, 4) is 0 Å². The summed E-state index contributed by atoms with van der Waals surface area (Å²) in [6.07, 6.45) is 1.73. The highest BCUT2D eigenvalue weighted by molar-refractivity contribution is 7.38. The normalized spacial score (nSPS) is 15.2. The standard InChI is InChI=1S/C10H15O2P/c1-2-6-10(13(11)12)9-7-4-3-5-8-9/h3-5,7-8,10,13H,2,6H2,1H3,(H,11,12). The maximum Gasteiger partial charge on any atom is 0.196 e. The molecule has 1 aromatic rings. The van der Waals surface area contributed by atoms with Crippen molar-refractivity contribution in [2.24, 2.45) is 0 Å². The molecule has 0 heterocycles. The molecule has 1 N–H and O–H groups in total. The zero-order valence-electron chi connectivity index (χ0n) is 7.73. The third kappa shape index (κ3) is 2.98. The Kier molecular flexibility index (Phi) is 4.20. The van der Waals surface area contributed by atoms with Crippen molar-refractivity contribution in [2.45, 2.75) is 25.4 Å². The lowest BCUT2D eigenvalue weighted by Gasteiger charge is -2.12. The van der Waals surface area contributed by atoms with E-state index in [4.69, 9.17) is 4.89 Å². The average molecular weight is 198 g/mol. The number of benzene rings is 1. The van der Waals surface area contributed by atoms with Crippen LogP contribution < -0.4 is 0 Å². The van der Waals surface area contributed by atoms with E-state index in [9.17, 15) is 4.57 Å². The van der Waals surface area contributed by atoms with Gasteiger partial charge in [-0.1, -0.05) is 43.7 Å². The van der Waals surface area contributed by atoms with Gasteiger partial charge in [0.2, 0.25) is 0 Å². The van der Waals surface area contributed by atoms with Crippen LogP contribution in [0.5, 0.6) is 0 Å². The summed E-state index contributed by atoms with van der Waals surface area (Å²) in [5, 5.41) is 0. The molecule has 0 aliphatic carbocycles.